The van der Waals surface area contributed by atoms with E-state index in [2.05, 4.69) is 93.5 Å². The summed E-state index contributed by atoms with van der Waals surface area (Å²) in [6.45, 7) is 0. The molecular weight excluding hydrogens is 428 g/mol. The van der Waals surface area contributed by atoms with Crippen LogP contribution in [0.2, 0.25) is 0 Å². The lowest BCUT2D eigenvalue weighted by Gasteiger charge is -2.31. The van der Waals surface area contributed by atoms with Gasteiger partial charge in [0.25, 0.3) is 0 Å². The van der Waals surface area contributed by atoms with Crippen molar-refractivity contribution in [3.05, 3.63) is 56.5 Å². The predicted molar refractivity (Wildman–Crippen MR) is 105 cm³/mol. The Bertz CT molecular complexity index is 623. The number of thiol groups is 2. The van der Waals surface area contributed by atoms with Crippen molar-refractivity contribution in [2.45, 2.75) is 18.3 Å². The Morgan fingerprint density at radius 2 is 1.19 bits per heavy atom. The van der Waals surface area contributed by atoms with Gasteiger partial charge in [0.15, 0.2) is 0 Å². The van der Waals surface area contributed by atoms with E-state index in [-0.39, 0.29) is 5.41 Å². The number of hydrogen-bond donors (Lipinski definition) is 2. The van der Waals surface area contributed by atoms with Crippen molar-refractivity contribution in [1.29, 1.82) is 0 Å². The molecule has 0 heterocycles. The van der Waals surface area contributed by atoms with Crippen LogP contribution in [-0.2, 0) is 5.41 Å². The fourth-order valence-corrected chi connectivity index (χ4v) is 4.97. The number of benzene rings is 2. The van der Waals surface area contributed by atoms with Crippen LogP contribution >= 0.6 is 57.1 Å². The van der Waals surface area contributed by atoms with E-state index in [9.17, 15) is 0 Å². The number of hydrogen-bond acceptors (Lipinski definition) is 2. The zero-order chi connectivity index (χ0) is 15.0. The first-order valence-electron chi connectivity index (χ1n) is 6.94. The third-order valence-corrected chi connectivity index (χ3v) is 5.80. The van der Waals surface area contributed by atoms with Gasteiger partial charge in [0.05, 0.1) is 0 Å². The molecule has 0 N–H and O–H groups in total. The van der Waals surface area contributed by atoms with Gasteiger partial charge in [-0.15, -0.1) is 0 Å². The molecule has 0 radical (unpaired) electrons. The van der Waals surface area contributed by atoms with Crippen LogP contribution < -0.4 is 0 Å². The Kier molecular flexibility index (Phi) is 4.80. The summed E-state index contributed by atoms with van der Waals surface area (Å²) < 4.78 is 2.27. The molecule has 1 aliphatic rings. The highest BCUT2D eigenvalue weighted by molar-refractivity contribution is 9.10. The molecule has 0 aromatic heterocycles. The molecule has 0 bridgehead atoms. The summed E-state index contributed by atoms with van der Waals surface area (Å²) in [5.41, 5.74) is 5.55. The first-order valence-corrected chi connectivity index (χ1v) is 9.79. The Hall–Kier alpha value is 0.1000. The van der Waals surface area contributed by atoms with Crippen LogP contribution in [0.1, 0.15) is 24.0 Å². The summed E-state index contributed by atoms with van der Waals surface area (Å²) in [5.74, 6) is 1.73. The van der Waals surface area contributed by atoms with Crippen molar-refractivity contribution < 1.29 is 0 Å². The van der Waals surface area contributed by atoms with Crippen LogP contribution in [0.25, 0.3) is 11.1 Å². The van der Waals surface area contributed by atoms with Crippen molar-refractivity contribution >= 4 is 57.1 Å². The molecule has 0 fully saturated rings. The molecule has 3 rings (SSSR count). The molecule has 1 aliphatic carbocycles. The minimum Gasteiger partial charge on any atom is -0.179 e. The average molecular weight is 444 g/mol. The summed E-state index contributed by atoms with van der Waals surface area (Å²) >= 11 is 16.3. The van der Waals surface area contributed by atoms with Crippen molar-refractivity contribution in [2.75, 3.05) is 11.5 Å². The third-order valence-electron chi connectivity index (χ3n) is 4.36. The lowest BCUT2D eigenvalue weighted by Crippen LogP contribution is -2.26. The van der Waals surface area contributed by atoms with Crippen LogP contribution in [0.4, 0.5) is 0 Å². The zero-order valence-electron chi connectivity index (χ0n) is 11.4. The summed E-state index contributed by atoms with van der Waals surface area (Å²) in [5, 5.41) is 0. The normalized spacial score (nSPS) is 14.9. The van der Waals surface area contributed by atoms with Gasteiger partial charge < -0.3 is 0 Å². The third kappa shape index (κ3) is 2.62. The molecule has 0 saturated carbocycles. The molecule has 0 amide bonds. The second-order valence-electron chi connectivity index (χ2n) is 5.41. The van der Waals surface area contributed by atoms with E-state index in [4.69, 9.17) is 0 Å². The number of fused-ring (bicyclic) bond motifs is 3. The van der Waals surface area contributed by atoms with Crippen LogP contribution in [-0.4, -0.2) is 11.5 Å². The van der Waals surface area contributed by atoms with Crippen LogP contribution in [0.15, 0.2) is 45.3 Å². The monoisotopic (exact) mass is 442 g/mol. The molecule has 0 saturated heterocycles. The van der Waals surface area contributed by atoms with Gasteiger partial charge in [0.1, 0.15) is 0 Å². The van der Waals surface area contributed by atoms with Crippen molar-refractivity contribution in [2.24, 2.45) is 0 Å². The summed E-state index contributed by atoms with van der Waals surface area (Å²) in [4.78, 5) is 0. The van der Waals surface area contributed by atoms with E-state index in [0.29, 0.717) is 0 Å². The van der Waals surface area contributed by atoms with Gasteiger partial charge in [-0.1, -0.05) is 44.0 Å². The zero-order valence-corrected chi connectivity index (χ0v) is 16.4. The fourth-order valence-electron chi connectivity index (χ4n) is 3.49. The van der Waals surface area contributed by atoms with Gasteiger partial charge in [-0.3, -0.25) is 0 Å². The highest BCUT2D eigenvalue weighted by atomic mass is 79.9. The summed E-state index contributed by atoms with van der Waals surface area (Å²) in [6, 6.07) is 13.3. The first kappa shape index (κ1) is 16.0. The van der Waals surface area contributed by atoms with Crippen molar-refractivity contribution in [3.63, 3.8) is 0 Å². The maximum absolute atomic E-state index is 4.53. The van der Waals surface area contributed by atoms with E-state index in [1.807, 2.05) is 0 Å². The number of rotatable bonds is 4. The van der Waals surface area contributed by atoms with Crippen molar-refractivity contribution in [1.82, 2.24) is 0 Å². The Morgan fingerprint density at radius 3 is 1.57 bits per heavy atom. The second-order valence-corrected chi connectivity index (χ2v) is 8.13. The lowest BCUT2D eigenvalue weighted by atomic mass is 9.74. The highest BCUT2D eigenvalue weighted by Crippen LogP contribution is 2.54. The Balaban J connectivity index is 2.32. The van der Waals surface area contributed by atoms with Gasteiger partial charge in [0.2, 0.25) is 0 Å². The maximum atomic E-state index is 4.53. The van der Waals surface area contributed by atoms with E-state index in [0.717, 1.165) is 33.3 Å². The Labute approximate surface area is 153 Å². The Morgan fingerprint density at radius 1 is 0.762 bits per heavy atom. The van der Waals surface area contributed by atoms with Gasteiger partial charge in [-0.05, 0) is 70.9 Å². The van der Waals surface area contributed by atoms with E-state index in [1.165, 1.54) is 22.3 Å². The maximum Gasteiger partial charge on any atom is 0.0231 e. The van der Waals surface area contributed by atoms with E-state index < -0.39 is 0 Å². The van der Waals surface area contributed by atoms with Crippen LogP contribution in [0.3, 0.4) is 0 Å². The van der Waals surface area contributed by atoms with Gasteiger partial charge in [-0.25, -0.2) is 0 Å². The standard InChI is InChI=1S/C17H16Br2S2/c18-11-1-3-13-14-4-2-12(19)10-16(14)17(5-7-20,6-8-21)15(13)9-11/h1-4,9-10,20-21H,5-8H2. The molecule has 0 atom stereocenters. The highest BCUT2D eigenvalue weighted by Gasteiger charge is 2.42. The molecule has 0 aliphatic heterocycles. The first-order chi connectivity index (χ1) is 10.1. The van der Waals surface area contributed by atoms with E-state index >= 15 is 0 Å². The number of halogens is 2. The molecule has 0 nitrogen and oxygen atoms in total. The molecular formula is C17H16Br2S2. The topological polar surface area (TPSA) is 0 Å². The molecule has 0 spiro atoms. The second kappa shape index (κ2) is 6.31. The smallest absolute Gasteiger partial charge is 0.0231 e. The molecule has 2 aromatic rings. The molecule has 21 heavy (non-hydrogen) atoms. The molecule has 110 valence electrons. The van der Waals surface area contributed by atoms with Crippen molar-refractivity contribution in [3.8, 4) is 11.1 Å². The van der Waals surface area contributed by atoms with Crippen LogP contribution in [0, 0.1) is 0 Å². The molecule has 4 heteroatoms. The summed E-state index contributed by atoms with van der Waals surface area (Å²) in [7, 11) is 0. The largest absolute Gasteiger partial charge is 0.179 e. The van der Waals surface area contributed by atoms with Gasteiger partial charge >= 0.3 is 0 Å². The lowest BCUT2D eigenvalue weighted by molar-refractivity contribution is 0.499. The minimum atomic E-state index is 0.0295. The van der Waals surface area contributed by atoms with Gasteiger partial charge in [-0.2, -0.15) is 25.3 Å². The predicted octanol–water partition coefficient (Wildman–Crippen LogP) is 6.12. The molecule has 0 unspecified atom stereocenters. The quantitative estimate of drug-likeness (QED) is 0.522. The fraction of sp³-hybridized carbons (Fsp3) is 0.294. The van der Waals surface area contributed by atoms with E-state index in [1.54, 1.807) is 0 Å². The minimum absolute atomic E-state index is 0.0295. The SMILES string of the molecule is SCCC1(CCS)c2cc(Br)ccc2-c2ccc(Br)cc21. The summed E-state index contributed by atoms with van der Waals surface area (Å²) in [6.07, 6.45) is 2.06. The molecule has 2 aromatic carbocycles. The van der Waals surface area contributed by atoms with Crippen LogP contribution in [0.5, 0.6) is 0 Å². The average Bonchev–Trinajstić information content (AvgIpc) is 2.70. The van der Waals surface area contributed by atoms with Gasteiger partial charge in [0, 0.05) is 14.4 Å².